The van der Waals surface area contributed by atoms with Crippen LogP contribution in [0.15, 0.2) is 36.8 Å². The highest BCUT2D eigenvalue weighted by atomic mass is 32.1. The van der Waals surface area contributed by atoms with Crippen molar-refractivity contribution in [3.8, 4) is 16.9 Å². The highest BCUT2D eigenvalue weighted by molar-refractivity contribution is 7.21. The van der Waals surface area contributed by atoms with Crippen molar-refractivity contribution in [1.29, 1.82) is 0 Å². The van der Waals surface area contributed by atoms with Crippen molar-refractivity contribution >= 4 is 38.7 Å². The summed E-state index contributed by atoms with van der Waals surface area (Å²) in [5, 5.41) is 0.535. The molecule has 0 amide bonds. The lowest BCUT2D eigenvalue weighted by Gasteiger charge is -2.30. The summed E-state index contributed by atoms with van der Waals surface area (Å²) in [6.45, 7) is 8.70. The zero-order valence-corrected chi connectivity index (χ0v) is 20.3. The molecular weight excluding hydrogens is 444 g/mol. The first-order valence-corrected chi connectivity index (χ1v) is 12.2. The molecule has 0 atom stereocenters. The average molecular weight is 471 g/mol. The quantitative estimate of drug-likeness (QED) is 0.439. The minimum Gasteiger partial charge on any atom is -0.491 e. The van der Waals surface area contributed by atoms with Crippen molar-refractivity contribution in [2.24, 2.45) is 5.41 Å². The average Bonchev–Trinajstić information content (AvgIpc) is 3.03. The first kappa shape index (κ1) is 21.0. The third-order valence-corrected chi connectivity index (χ3v) is 7.31. The Morgan fingerprint density at radius 1 is 1.12 bits per heavy atom. The molecule has 0 fully saturated rings. The number of pyridine rings is 1. The van der Waals surface area contributed by atoms with Gasteiger partial charge in [0.05, 0.1) is 12.2 Å². The van der Waals surface area contributed by atoms with Crippen molar-refractivity contribution in [3.63, 3.8) is 0 Å². The highest BCUT2D eigenvalue weighted by Crippen LogP contribution is 2.38. The van der Waals surface area contributed by atoms with Gasteiger partial charge in [-0.25, -0.2) is 19.9 Å². The van der Waals surface area contributed by atoms with Gasteiger partial charge in [-0.05, 0) is 54.2 Å². The maximum atomic E-state index is 6.24. The van der Waals surface area contributed by atoms with E-state index in [4.69, 9.17) is 15.5 Å². The van der Waals surface area contributed by atoms with Crippen LogP contribution in [0.25, 0.3) is 27.6 Å². The normalized spacial score (nSPS) is 16.6. The molecule has 1 aromatic carbocycles. The molecular formula is C26H26N6OS. The number of aryl methyl sites for hydroxylation is 1. The number of ether oxygens (including phenoxy) is 1. The van der Waals surface area contributed by atoms with Crippen molar-refractivity contribution in [2.75, 3.05) is 23.8 Å². The molecule has 0 spiro atoms. The van der Waals surface area contributed by atoms with Gasteiger partial charge in [0.1, 0.15) is 34.8 Å². The lowest BCUT2D eigenvalue weighted by atomic mass is 9.81. The molecule has 6 rings (SSSR count). The van der Waals surface area contributed by atoms with E-state index in [1.165, 1.54) is 16.9 Å². The molecule has 34 heavy (non-hydrogen) atoms. The molecule has 0 bridgehead atoms. The van der Waals surface area contributed by atoms with Crippen LogP contribution in [0.1, 0.15) is 36.2 Å². The molecule has 0 radical (unpaired) electrons. The fraction of sp³-hybridized carbons (Fsp3) is 0.308. The molecule has 0 saturated heterocycles. The maximum Gasteiger partial charge on any atom is 0.182 e. The van der Waals surface area contributed by atoms with Gasteiger partial charge in [0, 0.05) is 29.4 Å². The Bertz CT molecular complexity index is 1460. The van der Waals surface area contributed by atoms with Gasteiger partial charge in [-0.2, -0.15) is 0 Å². The van der Waals surface area contributed by atoms with Crippen molar-refractivity contribution in [1.82, 2.24) is 19.9 Å². The van der Waals surface area contributed by atoms with E-state index in [1.807, 2.05) is 6.20 Å². The number of hydrogen-bond donors (Lipinski definition) is 1. The molecule has 2 N–H and O–H groups in total. The van der Waals surface area contributed by atoms with Crippen LogP contribution in [0.3, 0.4) is 0 Å². The molecule has 172 valence electrons. The van der Waals surface area contributed by atoms with Gasteiger partial charge in [0.15, 0.2) is 5.13 Å². The Balaban J connectivity index is 1.40. The van der Waals surface area contributed by atoms with E-state index in [2.05, 4.69) is 71.0 Å². The zero-order chi connectivity index (χ0) is 23.4. The third kappa shape index (κ3) is 3.68. The number of thiazole rings is 1. The Morgan fingerprint density at radius 3 is 2.88 bits per heavy atom. The summed E-state index contributed by atoms with van der Waals surface area (Å²) in [6, 6.07) is 6.42. The Kier molecular flexibility index (Phi) is 4.81. The molecule has 0 unspecified atom stereocenters. The number of nitrogen functional groups attached to an aromatic ring is 1. The van der Waals surface area contributed by atoms with Crippen LogP contribution in [0.2, 0.25) is 0 Å². The van der Waals surface area contributed by atoms with Gasteiger partial charge in [-0.15, -0.1) is 0 Å². The number of nitrogens with two attached hydrogens (primary N) is 1. The Morgan fingerprint density at radius 2 is 2.00 bits per heavy atom. The molecule has 0 saturated carbocycles. The SMILES string of the molecule is Cc1cc(-c2cnc3sc(N)nc3c2)cc2c1OCCN(c1ncnc3c1CC(C)(C)C=C3)C2. The fourth-order valence-corrected chi connectivity index (χ4v) is 5.54. The van der Waals surface area contributed by atoms with E-state index >= 15 is 0 Å². The molecule has 3 aromatic heterocycles. The minimum atomic E-state index is 0.0845. The second kappa shape index (κ2) is 7.77. The Labute approximate surface area is 202 Å². The van der Waals surface area contributed by atoms with Crippen LogP contribution in [-0.2, 0) is 13.0 Å². The van der Waals surface area contributed by atoms with Gasteiger partial charge in [0.25, 0.3) is 0 Å². The maximum absolute atomic E-state index is 6.24. The van der Waals surface area contributed by atoms with Crippen LogP contribution >= 0.6 is 11.3 Å². The van der Waals surface area contributed by atoms with Crippen molar-refractivity contribution < 1.29 is 4.74 Å². The molecule has 2 aliphatic rings. The van der Waals surface area contributed by atoms with Crippen molar-refractivity contribution in [2.45, 2.75) is 33.7 Å². The summed E-state index contributed by atoms with van der Waals surface area (Å²) in [7, 11) is 0. The number of rotatable bonds is 2. The second-order valence-electron chi connectivity index (χ2n) is 9.71. The lowest BCUT2D eigenvalue weighted by Crippen LogP contribution is -2.29. The topological polar surface area (TPSA) is 90.0 Å². The number of aromatic nitrogens is 4. The van der Waals surface area contributed by atoms with Crippen LogP contribution in [0.4, 0.5) is 10.9 Å². The van der Waals surface area contributed by atoms with Crippen LogP contribution in [0.5, 0.6) is 5.75 Å². The summed E-state index contributed by atoms with van der Waals surface area (Å²) < 4.78 is 6.24. The molecule has 1 aliphatic heterocycles. The predicted octanol–water partition coefficient (Wildman–Crippen LogP) is 5.03. The predicted molar refractivity (Wildman–Crippen MR) is 137 cm³/mol. The summed E-state index contributed by atoms with van der Waals surface area (Å²) in [5.74, 6) is 1.96. The molecule has 4 heterocycles. The summed E-state index contributed by atoms with van der Waals surface area (Å²) in [5.41, 5.74) is 13.4. The number of anilines is 2. The van der Waals surface area contributed by atoms with E-state index in [1.54, 1.807) is 6.33 Å². The first-order valence-electron chi connectivity index (χ1n) is 11.4. The van der Waals surface area contributed by atoms with Crippen LogP contribution in [-0.4, -0.2) is 33.1 Å². The molecule has 4 aromatic rings. The van der Waals surface area contributed by atoms with E-state index in [9.17, 15) is 0 Å². The molecule has 8 heteroatoms. The van der Waals surface area contributed by atoms with Crippen LogP contribution < -0.4 is 15.4 Å². The fourth-order valence-electron chi connectivity index (χ4n) is 4.88. The molecule has 7 nitrogen and oxygen atoms in total. The molecule has 1 aliphatic carbocycles. The van der Waals surface area contributed by atoms with Crippen LogP contribution in [0, 0.1) is 12.3 Å². The Hall–Kier alpha value is -3.52. The van der Waals surface area contributed by atoms with E-state index < -0.39 is 0 Å². The summed E-state index contributed by atoms with van der Waals surface area (Å²) in [6.07, 6.45) is 8.85. The largest absolute Gasteiger partial charge is 0.491 e. The summed E-state index contributed by atoms with van der Waals surface area (Å²) >= 11 is 1.41. The van der Waals surface area contributed by atoms with Crippen molar-refractivity contribution in [3.05, 3.63) is 59.2 Å². The number of fused-ring (bicyclic) bond motifs is 3. The number of hydrogen-bond acceptors (Lipinski definition) is 8. The van der Waals surface area contributed by atoms with Gasteiger partial charge in [-0.1, -0.05) is 31.3 Å². The van der Waals surface area contributed by atoms with E-state index in [0.717, 1.165) is 69.4 Å². The summed E-state index contributed by atoms with van der Waals surface area (Å²) in [4.78, 5) is 21.4. The van der Waals surface area contributed by atoms with Gasteiger partial charge < -0.3 is 15.4 Å². The van der Waals surface area contributed by atoms with E-state index in [-0.39, 0.29) is 5.41 Å². The zero-order valence-electron chi connectivity index (χ0n) is 19.5. The second-order valence-corrected chi connectivity index (χ2v) is 10.7. The lowest BCUT2D eigenvalue weighted by molar-refractivity contribution is 0.329. The van der Waals surface area contributed by atoms with E-state index in [0.29, 0.717) is 11.7 Å². The van der Waals surface area contributed by atoms with Gasteiger partial charge >= 0.3 is 0 Å². The number of benzene rings is 1. The standard InChI is InChI=1S/C26H26N6OS/c1-15-8-16(17-10-21-24(28-12-17)34-25(27)31-21)9-18-13-32(6-7-33-22(15)18)23-19-11-26(2,3)5-4-20(19)29-14-30-23/h4-5,8-10,12,14H,6-7,11,13H2,1-3H3,(H2,27,31). The first-order chi connectivity index (χ1) is 16.4. The monoisotopic (exact) mass is 470 g/mol. The van der Waals surface area contributed by atoms with Gasteiger partial charge in [0.2, 0.25) is 0 Å². The minimum absolute atomic E-state index is 0.0845. The smallest absolute Gasteiger partial charge is 0.182 e. The van der Waals surface area contributed by atoms with Gasteiger partial charge in [-0.3, -0.25) is 0 Å². The number of nitrogens with zero attached hydrogens (tertiary/aromatic N) is 5. The highest BCUT2D eigenvalue weighted by Gasteiger charge is 2.28. The third-order valence-electron chi connectivity index (χ3n) is 6.50. The number of allylic oxidation sites excluding steroid dienone is 1.